The molecule has 0 bridgehead atoms. The molecule has 0 saturated carbocycles. The SMILES string of the molecule is Cl.O=S(=O)(c1ccc(F)cc1)N1CCc2ccc(OCCCN3CCCCC3)cc2C1. The summed E-state index contributed by atoms with van der Waals surface area (Å²) < 4.78 is 46.4. The molecular formula is C23H30ClFN2O3S. The van der Waals surface area contributed by atoms with Crippen LogP contribution in [0.25, 0.3) is 0 Å². The van der Waals surface area contributed by atoms with Crippen LogP contribution in [-0.4, -0.2) is 50.4 Å². The molecule has 2 aliphatic rings. The van der Waals surface area contributed by atoms with Crippen molar-refractivity contribution < 1.29 is 17.5 Å². The fourth-order valence-corrected chi connectivity index (χ4v) is 5.64. The molecule has 2 aromatic rings. The van der Waals surface area contributed by atoms with Crippen molar-refractivity contribution >= 4 is 22.4 Å². The number of halogens is 2. The Hall–Kier alpha value is -1.67. The number of hydrogen-bond donors (Lipinski definition) is 0. The number of nitrogens with zero attached hydrogens (tertiary/aromatic N) is 2. The van der Waals surface area contributed by atoms with Gasteiger partial charge in [0.05, 0.1) is 11.5 Å². The van der Waals surface area contributed by atoms with Gasteiger partial charge in [0, 0.05) is 19.6 Å². The van der Waals surface area contributed by atoms with Crippen molar-refractivity contribution in [2.75, 3.05) is 32.8 Å². The van der Waals surface area contributed by atoms with Crippen LogP contribution >= 0.6 is 12.4 Å². The summed E-state index contributed by atoms with van der Waals surface area (Å²) in [5.74, 6) is 0.341. The number of likely N-dealkylation sites (tertiary alicyclic amines) is 1. The maximum atomic E-state index is 13.2. The summed E-state index contributed by atoms with van der Waals surface area (Å²) in [5, 5.41) is 0. The van der Waals surface area contributed by atoms with Gasteiger partial charge in [-0.2, -0.15) is 4.31 Å². The van der Waals surface area contributed by atoms with Crippen LogP contribution in [0, 0.1) is 5.82 Å². The zero-order chi connectivity index (χ0) is 21.0. The number of hydrogen-bond acceptors (Lipinski definition) is 4. The van der Waals surface area contributed by atoms with Crippen molar-refractivity contribution in [1.82, 2.24) is 9.21 Å². The summed E-state index contributed by atoms with van der Waals surface area (Å²) in [6.07, 6.45) is 5.58. The molecule has 0 unspecified atom stereocenters. The third-order valence-electron chi connectivity index (χ3n) is 5.94. The van der Waals surface area contributed by atoms with E-state index in [9.17, 15) is 12.8 Å². The van der Waals surface area contributed by atoms with Crippen molar-refractivity contribution in [2.24, 2.45) is 0 Å². The summed E-state index contributed by atoms with van der Waals surface area (Å²) in [7, 11) is -3.65. The summed E-state index contributed by atoms with van der Waals surface area (Å²) in [6.45, 7) is 4.83. The molecule has 0 aromatic heterocycles. The molecular weight excluding hydrogens is 439 g/mol. The highest BCUT2D eigenvalue weighted by molar-refractivity contribution is 7.89. The Kier molecular flexibility index (Phi) is 8.33. The zero-order valence-corrected chi connectivity index (χ0v) is 19.3. The summed E-state index contributed by atoms with van der Waals surface area (Å²) >= 11 is 0. The molecule has 0 amide bonds. The molecule has 0 N–H and O–H groups in total. The van der Waals surface area contributed by atoms with E-state index in [1.807, 2.05) is 18.2 Å². The topological polar surface area (TPSA) is 49.9 Å². The van der Waals surface area contributed by atoms with Crippen molar-refractivity contribution in [2.45, 2.75) is 43.5 Å². The lowest BCUT2D eigenvalue weighted by Crippen LogP contribution is -2.36. The molecule has 2 heterocycles. The molecule has 2 aromatic carbocycles. The fraction of sp³-hybridized carbons (Fsp3) is 0.478. The average Bonchev–Trinajstić information content (AvgIpc) is 2.77. The lowest BCUT2D eigenvalue weighted by atomic mass is 10.0. The Morgan fingerprint density at radius 1 is 0.935 bits per heavy atom. The zero-order valence-electron chi connectivity index (χ0n) is 17.6. The van der Waals surface area contributed by atoms with Gasteiger partial charge >= 0.3 is 0 Å². The van der Waals surface area contributed by atoms with Gasteiger partial charge in [-0.05, 0) is 86.3 Å². The molecule has 1 fully saturated rings. The lowest BCUT2D eigenvalue weighted by molar-refractivity contribution is 0.205. The van der Waals surface area contributed by atoms with Crippen LogP contribution in [0.5, 0.6) is 5.75 Å². The van der Waals surface area contributed by atoms with Gasteiger partial charge in [-0.15, -0.1) is 12.4 Å². The first-order chi connectivity index (χ1) is 14.5. The first-order valence-electron chi connectivity index (χ1n) is 10.7. The maximum Gasteiger partial charge on any atom is 0.243 e. The van der Waals surface area contributed by atoms with Crippen LogP contribution in [0.3, 0.4) is 0 Å². The molecule has 0 spiro atoms. The van der Waals surface area contributed by atoms with Crippen LogP contribution in [0.15, 0.2) is 47.4 Å². The molecule has 31 heavy (non-hydrogen) atoms. The molecule has 170 valence electrons. The van der Waals surface area contributed by atoms with Crippen LogP contribution in [0.2, 0.25) is 0 Å². The van der Waals surface area contributed by atoms with Crippen molar-refractivity contribution in [3.8, 4) is 5.75 Å². The summed E-state index contributed by atoms with van der Waals surface area (Å²) in [4.78, 5) is 2.62. The van der Waals surface area contributed by atoms with Gasteiger partial charge in [-0.1, -0.05) is 12.5 Å². The van der Waals surface area contributed by atoms with E-state index in [4.69, 9.17) is 4.74 Å². The Morgan fingerprint density at radius 2 is 1.68 bits per heavy atom. The Labute approximate surface area is 190 Å². The van der Waals surface area contributed by atoms with E-state index in [0.717, 1.165) is 29.8 Å². The van der Waals surface area contributed by atoms with Gasteiger partial charge < -0.3 is 9.64 Å². The molecule has 0 atom stereocenters. The average molecular weight is 469 g/mol. The second-order valence-electron chi connectivity index (χ2n) is 8.08. The standard InChI is InChI=1S/C23H29FN2O3S.ClH/c24-21-6-9-23(10-7-21)30(27,28)26-15-11-19-5-8-22(17-20(19)18-26)29-16-4-14-25-12-2-1-3-13-25;/h5-10,17H,1-4,11-16,18H2;1H. The highest BCUT2D eigenvalue weighted by Gasteiger charge is 2.28. The number of benzene rings is 2. The molecule has 1 saturated heterocycles. The second kappa shape index (κ2) is 10.8. The van der Waals surface area contributed by atoms with Gasteiger partial charge in [0.15, 0.2) is 0 Å². The maximum absolute atomic E-state index is 13.2. The van der Waals surface area contributed by atoms with Gasteiger partial charge in [-0.25, -0.2) is 12.8 Å². The highest BCUT2D eigenvalue weighted by Crippen LogP contribution is 2.28. The monoisotopic (exact) mass is 468 g/mol. The van der Waals surface area contributed by atoms with E-state index in [1.165, 1.54) is 60.9 Å². The number of sulfonamides is 1. The molecule has 0 radical (unpaired) electrons. The normalized spacial score (nSPS) is 17.6. The molecule has 2 aliphatic heterocycles. The second-order valence-corrected chi connectivity index (χ2v) is 10.0. The lowest BCUT2D eigenvalue weighted by Gasteiger charge is -2.28. The van der Waals surface area contributed by atoms with Gasteiger partial charge in [0.1, 0.15) is 11.6 Å². The van der Waals surface area contributed by atoms with E-state index in [-0.39, 0.29) is 17.3 Å². The van der Waals surface area contributed by atoms with E-state index >= 15 is 0 Å². The predicted molar refractivity (Wildman–Crippen MR) is 122 cm³/mol. The molecule has 8 heteroatoms. The van der Waals surface area contributed by atoms with E-state index in [1.54, 1.807) is 0 Å². The fourth-order valence-electron chi connectivity index (χ4n) is 4.22. The van der Waals surface area contributed by atoms with Gasteiger partial charge in [0.25, 0.3) is 0 Å². The van der Waals surface area contributed by atoms with Gasteiger partial charge in [0.2, 0.25) is 10.0 Å². The summed E-state index contributed by atoms with van der Waals surface area (Å²) in [6, 6.07) is 11.0. The molecule has 5 nitrogen and oxygen atoms in total. The quantitative estimate of drug-likeness (QED) is 0.570. The smallest absolute Gasteiger partial charge is 0.243 e. The van der Waals surface area contributed by atoms with Crippen molar-refractivity contribution in [3.63, 3.8) is 0 Å². The third kappa shape index (κ3) is 5.98. The van der Waals surface area contributed by atoms with E-state index in [2.05, 4.69) is 4.90 Å². The largest absolute Gasteiger partial charge is 0.494 e. The molecule has 0 aliphatic carbocycles. The van der Waals surface area contributed by atoms with Crippen molar-refractivity contribution in [3.05, 3.63) is 59.4 Å². The first-order valence-corrected chi connectivity index (χ1v) is 12.2. The first kappa shape index (κ1) is 24.0. The van der Waals surface area contributed by atoms with Crippen LogP contribution in [-0.2, 0) is 23.0 Å². The number of piperidine rings is 1. The van der Waals surface area contributed by atoms with E-state index in [0.29, 0.717) is 26.1 Å². The Bertz CT molecular complexity index is 963. The van der Waals surface area contributed by atoms with Crippen LogP contribution in [0.1, 0.15) is 36.8 Å². The predicted octanol–water partition coefficient (Wildman–Crippen LogP) is 4.25. The van der Waals surface area contributed by atoms with Crippen molar-refractivity contribution in [1.29, 1.82) is 0 Å². The Morgan fingerprint density at radius 3 is 2.42 bits per heavy atom. The van der Waals surface area contributed by atoms with Gasteiger partial charge in [-0.3, -0.25) is 0 Å². The third-order valence-corrected chi connectivity index (χ3v) is 7.80. The number of fused-ring (bicyclic) bond motifs is 1. The van der Waals surface area contributed by atoms with Crippen LogP contribution in [0.4, 0.5) is 4.39 Å². The number of rotatable bonds is 7. The minimum atomic E-state index is -3.65. The Balaban J connectivity index is 0.00000272. The highest BCUT2D eigenvalue weighted by atomic mass is 35.5. The van der Waals surface area contributed by atoms with Crippen LogP contribution < -0.4 is 4.74 Å². The minimum Gasteiger partial charge on any atom is -0.494 e. The number of ether oxygens (including phenoxy) is 1. The van der Waals surface area contributed by atoms with E-state index < -0.39 is 15.8 Å². The summed E-state index contributed by atoms with van der Waals surface area (Å²) in [5.41, 5.74) is 2.13. The molecule has 4 rings (SSSR count). The minimum absolute atomic E-state index is 0.